The first-order valence-corrected chi connectivity index (χ1v) is 11.3. The van der Waals surface area contributed by atoms with E-state index in [9.17, 15) is 0 Å². The Labute approximate surface area is 194 Å². The molecule has 0 aliphatic rings. The van der Waals surface area contributed by atoms with Gasteiger partial charge < -0.3 is 0 Å². The van der Waals surface area contributed by atoms with E-state index in [1.165, 1.54) is 33.4 Å². The molecule has 0 saturated heterocycles. The van der Waals surface area contributed by atoms with Gasteiger partial charge in [0.25, 0.3) is 0 Å². The molecule has 0 amide bonds. The van der Waals surface area contributed by atoms with Crippen LogP contribution in [0.4, 0.5) is 0 Å². The number of halogens is 2. The van der Waals surface area contributed by atoms with Crippen molar-refractivity contribution in [1.82, 2.24) is 0 Å². The van der Waals surface area contributed by atoms with E-state index in [1.807, 2.05) is 0 Å². The highest BCUT2D eigenvalue weighted by Gasteiger charge is 2.06. The van der Waals surface area contributed by atoms with Gasteiger partial charge >= 0.3 is 0 Å². The highest BCUT2D eigenvalue weighted by molar-refractivity contribution is 9.10. The van der Waals surface area contributed by atoms with Gasteiger partial charge in [0, 0.05) is 8.95 Å². The maximum absolute atomic E-state index is 3.49. The first-order valence-electron chi connectivity index (χ1n) is 9.75. The van der Waals surface area contributed by atoms with Gasteiger partial charge in [-0.05, 0) is 57.6 Å². The summed E-state index contributed by atoms with van der Waals surface area (Å²) in [5.74, 6) is 0. The summed E-state index contributed by atoms with van der Waals surface area (Å²) in [7, 11) is 0. The largest absolute Gasteiger partial charge is 0.0616 e. The third-order valence-electron chi connectivity index (χ3n) is 4.86. The van der Waals surface area contributed by atoms with Crippen LogP contribution in [0, 0.1) is 0 Å². The highest BCUT2D eigenvalue weighted by Crippen LogP contribution is 2.30. The van der Waals surface area contributed by atoms with E-state index in [2.05, 4.69) is 153 Å². The molecule has 0 atom stereocenters. The second-order valence-electron chi connectivity index (χ2n) is 6.94. The Bertz CT molecular complexity index is 1090. The lowest BCUT2D eigenvalue weighted by molar-refractivity contribution is 1.57. The van der Waals surface area contributed by atoms with Crippen molar-refractivity contribution in [3.05, 3.63) is 128 Å². The van der Waals surface area contributed by atoms with E-state index in [0.717, 1.165) is 8.95 Å². The van der Waals surface area contributed by atoms with E-state index >= 15 is 0 Å². The molecule has 0 heterocycles. The summed E-state index contributed by atoms with van der Waals surface area (Å²) in [6.07, 6.45) is 8.69. The number of hydrogen-bond acceptors (Lipinski definition) is 0. The smallest absolute Gasteiger partial charge is 0.0175 e. The molecule has 4 aromatic carbocycles. The molecule has 0 bridgehead atoms. The first-order chi connectivity index (χ1) is 14.7. The fourth-order valence-electron chi connectivity index (χ4n) is 3.30. The van der Waals surface area contributed by atoms with Gasteiger partial charge in [0.1, 0.15) is 0 Å². The predicted octanol–water partition coefficient (Wildman–Crippen LogP) is 9.22. The topological polar surface area (TPSA) is 0 Å². The van der Waals surface area contributed by atoms with Gasteiger partial charge in [-0.3, -0.25) is 0 Å². The molecule has 0 radical (unpaired) electrons. The summed E-state index contributed by atoms with van der Waals surface area (Å²) in [5, 5.41) is 0. The second-order valence-corrected chi connectivity index (χ2v) is 8.78. The van der Waals surface area contributed by atoms with Crippen LogP contribution < -0.4 is 0 Å². The minimum atomic E-state index is 1.09. The average Bonchev–Trinajstić information content (AvgIpc) is 2.79. The monoisotopic (exact) mass is 514 g/mol. The molecule has 4 rings (SSSR count). The molecule has 0 N–H and O–H groups in total. The zero-order chi connectivity index (χ0) is 20.8. The molecule has 2 heteroatoms. The van der Waals surface area contributed by atoms with E-state index in [4.69, 9.17) is 0 Å². The van der Waals surface area contributed by atoms with Gasteiger partial charge in [0.15, 0.2) is 0 Å². The zero-order valence-electron chi connectivity index (χ0n) is 16.3. The minimum Gasteiger partial charge on any atom is -0.0616 e. The molecule has 0 saturated carbocycles. The van der Waals surface area contributed by atoms with Crippen molar-refractivity contribution >= 4 is 56.2 Å². The van der Waals surface area contributed by atoms with Crippen LogP contribution in [0.2, 0.25) is 0 Å². The zero-order valence-corrected chi connectivity index (χ0v) is 19.5. The quantitative estimate of drug-likeness (QED) is 0.232. The van der Waals surface area contributed by atoms with Gasteiger partial charge in [-0.2, -0.15) is 0 Å². The van der Waals surface area contributed by atoms with Crippen LogP contribution in [0.5, 0.6) is 0 Å². The Morgan fingerprint density at radius 1 is 0.400 bits per heavy atom. The Kier molecular flexibility index (Phi) is 6.78. The summed E-state index contributed by atoms with van der Waals surface area (Å²) < 4.78 is 2.18. The molecule has 0 nitrogen and oxygen atoms in total. The molecule has 0 fully saturated rings. The van der Waals surface area contributed by atoms with Gasteiger partial charge in [0.05, 0.1) is 0 Å². The molecule has 0 unspecified atom stereocenters. The van der Waals surface area contributed by atoms with Crippen molar-refractivity contribution in [2.45, 2.75) is 0 Å². The van der Waals surface area contributed by atoms with Gasteiger partial charge in [-0.15, -0.1) is 0 Å². The molecule has 0 aliphatic carbocycles. The Morgan fingerprint density at radius 3 is 1.17 bits per heavy atom. The van der Waals surface area contributed by atoms with E-state index < -0.39 is 0 Å². The number of benzene rings is 4. The summed E-state index contributed by atoms with van der Waals surface area (Å²) in [6, 6.07) is 33.8. The fourth-order valence-corrected chi connectivity index (χ4v) is 3.82. The lowest BCUT2D eigenvalue weighted by Crippen LogP contribution is -1.87. The number of hydrogen-bond donors (Lipinski definition) is 0. The van der Waals surface area contributed by atoms with Crippen LogP contribution >= 0.6 is 31.9 Å². The van der Waals surface area contributed by atoms with Crippen molar-refractivity contribution in [3.63, 3.8) is 0 Å². The summed E-state index contributed by atoms with van der Waals surface area (Å²) in [5.41, 5.74) is 7.20. The van der Waals surface area contributed by atoms with Crippen LogP contribution in [0.1, 0.15) is 22.3 Å². The van der Waals surface area contributed by atoms with Crippen LogP contribution in [0.25, 0.3) is 35.4 Å². The molecular weight excluding hydrogens is 496 g/mol. The molecule has 146 valence electrons. The fraction of sp³-hybridized carbons (Fsp3) is 0. The molecular formula is C28H20Br2. The third-order valence-corrected chi connectivity index (χ3v) is 5.92. The van der Waals surface area contributed by atoms with Crippen LogP contribution in [0.15, 0.2) is 106 Å². The van der Waals surface area contributed by atoms with Crippen molar-refractivity contribution in [1.29, 1.82) is 0 Å². The van der Waals surface area contributed by atoms with Gasteiger partial charge in [0.2, 0.25) is 0 Å². The Balaban J connectivity index is 1.68. The van der Waals surface area contributed by atoms with E-state index in [0.29, 0.717) is 0 Å². The number of rotatable bonds is 5. The summed E-state index contributed by atoms with van der Waals surface area (Å²) in [6.45, 7) is 0. The van der Waals surface area contributed by atoms with Crippen LogP contribution in [0.3, 0.4) is 0 Å². The SMILES string of the molecule is Brc1ccc(/C=C\c2ccccc2-c2ccccc2/C=C/c2ccc(Br)cc2)cc1. The summed E-state index contributed by atoms with van der Waals surface area (Å²) >= 11 is 6.99. The predicted molar refractivity (Wildman–Crippen MR) is 138 cm³/mol. The van der Waals surface area contributed by atoms with Crippen molar-refractivity contribution in [2.24, 2.45) is 0 Å². The van der Waals surface area contributed by atoms with Crippen LogP contribution in [-0.4, -0.2) is 0 Å². The molecule has 4 aromatic rings. The van der Waals surface area contributed by atoms with Crippen LogP contribution in [-0.2, 0) is 0 Å². The molecule has 30 heavy (non-hydrogen) atoms. The van der Waals surface area contributed by atoms with Gasteiger partial charge in [-0.25, -0.2) is 0 Å². The Hall–Kier alpha value is -2.68. The lowest BCUT2D eigenvalue weighted by Gasteiger charge is -2.10. The summed E-state index contributed by atoms with van der Waals surface area (Å²) in [4.78, 5) is 0. The first kappa shape index (κ1) is 20.6. The van der Waals surface area contributed by atoms with Gasteiger partial charge in [-0.1, -0.05) is 129 Å². The molecule has 0 spiro atoms. The van der Waals surface area contributed by atoms with Crippen molar-refractivity contribution < 1.29 is 0 Å². The van der Waals surface area contributed by atoms with Crippen molar-refractivity contribution in [2.75, 3.05) is 0 Å². The maximum Gasteiger partial charge on any atom is 0.0175 e. The third kappa shape index (κ3) is 5.27. The lowest BCUT2D eigenvalue weighted by atomic mass is 9.94. The normalized spacial score (nSPS) is 11.4. The minimum absolute atomic E-state index is 1.09. The average molecular weight is 516 g/mol. The highest BCUT2D eigenvalue weighted by atomic mass is 79.9. The molecule has 0 aromatic heterocycles. The molecule has 0 aliphatic heterocycles. The second kappa shape index (κ2) is 9.88. The van der Waals surface area contributed by atoms with E-state index in [-0.39, 0.29) is 0 Å². The Morgan fingerprint density at radius 2 is 0.767 bits per heavy atom. The maximum atomic E-state index is 3.49. The van der Waals surface area contributed by atoms with E-state index in [1.54, 1.807) is 0 Å². The van der Waals surface area contributed by atoms with Crippen molar-refractivity contribution in [3.8, 4) is 11.1 Å². The standard InChI is InChI=1S/C28H20Br2/c29-25-17-11-21(12-18-25)9-15-23-5-1-3-7-27(23)28-8-4-2-6-24(28)16-10-22-13-19-26(30)20-14-22/h1-20H/b15-9-,16-10+.